The molecule has 3 N–H and O–H groups in total. The molecule has 0 saturated heterocycles. The second kappa shape index (κ2) is 3.94. The number of aryl methyl sites for hydroxylation is 2. The van der Waals surface area contributed by atoms with Gasteiger partial charge in [0.2, 0.25) is 0 Å². The summed E-state index contributed by atoms with van der Waals surface area (Å²) in [5, 5.41) is 4.44. The van der Waals surface area contributed by atoms with E-state index in [0.717, 1.165) is 5.69 Å². The molecule has 1 aromatic rings. The molecule has 1 aromatic heterocycles. The molecule has 0 bridgehead atoms. The van der Waals surface area contributed by atoms with Gasteiger partial charge >= 0.3 is 0 Å². The number of hydrogen-bond acceptors (Lipinski definition) is 3. The van der Waals surface area contributed by atoms with Gasteiger partial charge in [-0.05, 0) is 32.6 Å². The summed E-state index contributed by atoms with van der Waals surface area (Å²) < 4.78 is 1.94. The van der Waals surface area contributed by atoms with Crippen molar-refractivity contribution in [1.29, 1.82) is 0 Å². The number of aromatic nitrogens is 2. The lowest BCUT2D eigenvalue weighted by molar-refractivity contribution is 0.231. The highest BCUT2D eigenvalue weighted by Crippen LogP contribution is 2.39. The molecule has 0 amide bonds. The summed E-state index contributed by atoms with van der Waals surface area (Å²) in [7, 11) is 1.99. The number of nitrogens with one attached hydrogen (secondary N) is 1. The van der Waals surface area contributed by atoms with E-state index in [2.05, 4.69) is 24.4 Å². The van der Waals surface area contributed by atoms with Crippen molar-refractivity contribution in [3.63, 3.8) is 0 Å². The summed E-state index contributed by atoms with van der Waals surface area (Å²) in [6.07, 6.45) is 3.90. The van der Waals surface area contributed by atoms with Gasteiger partial charge in [-0.3, -0.25) is 16.0 Å². The fraction of sp³-hybridized carbons (Fsp3) is 0.727. The molecule has 1 unspecified atom stereocenters. The van der Waals surface area contributed by atoms with Crippen LogP contribution in [0.15, 0.2) is 0 Å². The van der Waals surface area contributed by atoms with Crippen LogP contribution in [0.3, 0.4) is 0 Å². The molecule has 15 heavy (non-hydrogen) atoms. The van der Waals surface area contributed by atoms with Crippen molar-refractivity contribution in [2.75, 3.05) is 0 Å². The first-order chi connectivity index (χ1) is 7.15. The van der Waals surface area contributed by atoms with Crippen molar-refractivity contribution in [2.24, 2.45) is 18.8 Å². The van der Waals surface area contributed by atoms with E-state index >= 15 is 0 Å². The Kier molecular flexibility index (Phi) is 2.80. The quantitative estimate of drug-likeness (QED) is 0.582. The van der Waals surface area contributed by atoms with Gasteiger partial charge in [0.25, 0.3) is 0 Å². The Morgan fingerprint density at radius 2 is 2.13 bits per heavy atom. The summed E-state index contributed by atoms with van der Waals surface area (Å²) in [5.41, 5.74) is 6.58. The molecule has 1 saturated carbocycles. The predicted octanol–water partition coefficient (Wildman–Crippen LogP) is 1.34. The SMILES string of the molecule is Cc1nn(C)c(C)c1C(NN)C1CCC1. The van der Waals surface area contributed by atoms with Crippen LogP contribution in [0.1, 0.15) is 42.3 Å². The molecule has 1 heterocycles. The lowest BCUT2D eigenvalue weighted by Gasteiger charge is -2.33. The predicted molar refractivity (Wildman–Crippen MR) is 60.1 cm³/mol. The van der Waals surface area contributed by atoms with Gasteiger partial charge in [-0.1, -0.05) is 6.42 Å². The molecular weight excluding hydrogens is 188 g/mol. The van der Waals surface area contributed by atoms with E-state index in [9.17, 15) is 0 Å². The average molecular weight is 208 g/mol. The number of nitrogens with two attached hydrogens (primary N) is 1. The summed E-state index contributed by atoms with van der Waals surface area (Å²) in [6.45, 7) is 4.17. The Hall–Kier alpha value is -0.870. The third-order valence-corrected chi connectivity index (χ3v) is 3.68. The van der Waals surface area contributed by atoms with E-state index in [1.807, 2.05) is 11.7 Å². The minimum absolute atomic E-state index is 0.285. The van der Waals surface area contributed by atoms with Crippen molar-refractivity contribution >= 4 is 0 Å². The fourth-order valence-electron chi connectivity index (χ4n) is 2.47. The lowest BCUT2D eigenvalue weighted by Crippen LogP contribution is -2.37. The van der Waals surface area contributed by atoms with Gasteiger partial charge in [0.15, 0.2) is 0 Å². The number of nitrogens with zero attached hydrogens (tertiary/aromatic N) is 2. The molecule has 4 heteroatoms. The topological polar surface area (TPSA) is 55.9 Å². The van der Waals surface area contributed by atoms with E-state index in [1.54, 1.807) is 0 Å². The van der Waals surface area contributed by atoms with E-state index in [0.29, 0.717) is 5.92 Å². The third kappa shape index (κ3) is 1.68. The zero-order valence-corrected chi connectivity index (χ0v) is 9.75. The van der Waals surface area contributed by atoms with Crippen molar-refractivity contribution in [1.82, 2.24) is 15.2 Å². The summed E-state index contributed by atoms with van der Waals surface area (Å²) >= 11 is 0. The molecule has 0 spiro atoms. The Labute approximate surface area is 90.8 Å². The summed E-state index contributed by atoms with van der Waals surface area (Å²) in [6, 6.07) is 0.285. The second-order valence-corrected chi connectivity index (χ2v) is 4.54. The molecule has 1 atom stereocenters. The van der Waals surface area contributed by atoms with Crippen LogP contribution < -0.4 is 11.3 Å². The zero-order valence-electron chi connectivity index (χ0n) is 9.75. The summed E-state index contributed by atoms with van der Waals surface area (Å²) in [5.74, 6) is 6.37. The number of hydrogen-bond donors (Lipinski definition) is 2. The molecule has 1 aliphatic rings. The van der Waals surface area contributed by atoms with E-state index in [1.165, 1.54) is 30.5 Å². The molecule has 2 rings (SSSR count). The maximum Gasteiger partial charge on any atom is 0.0644 e. The highest BCUT2D eigenvalue weighted by atomic mass is 15.3. The van der Waals surface area contributed by atoms with E-state index in [-0.39, 0.29) is 6.04 Å². The highest BCUT2D eigenvalue weighted by molar-refractivity contribution is 5.29. The van der Waals surface area contributed by atoms with Crippen LogP contribution >= 0.6 is 0 Å². The van der Waals surface area contributed by atoms with Gasteiger partial charge in [0.1, 0.15) is 0 Å². The average Bonchev–Trinajstić information content (AvgIpc) is 2.35. The van der Waals surface area contributed by atoms with E-state index in [4.69, 9.17) is 5.84 Å². The van der Waals surface area contributed by atoms with Gasteiger partial charge in [-0.2, -0.15) is 5.10 Å². The van der Waals surface area contributed by atoms with Crippen molar-refractivity contribution in [3.05, 3.63) is 17.0 Å². The number of rotatable bonds is 3. The van der Waals surface area contributed by atoms with Gasteiger partial charge in [0.05, 0.1) is 11.7 Å². The van der Waals surface area contributed by atoms with Crippen LogP contribution in [-0.4, -0.2) is 9.78 Å². The maximum absolute atomic E-state index is 5.68. The highest BCUT2D eigenvalue weighted by Gasteiger charge is 2.31. The Balaban J connectivity index is 2.32. The van der Waals surface area contributed by atoms with Gasteiger partial charge in [-0.15, -0.1) is 0 Å². The molecule has 0 aromatic carbocycles. The number of hydrazine groups is 1. The van der Waals surface area contributed by atoms with Crippen LogP contribution in [0.25, 0.3) is 0 Å². The van der Waals surface area contributed by atoms with Gasteiger partial charge < -0.3 is 0 Å². The van der Waals surface area contributed by atoms with E-state index < -0.39 is 0 Å². The van der Waals surface area contributed by atoms with Crippen molar-refractivity contribution in [2.45, 2.75) is 39.2 Å². The molecule has 0 radical (unpaired) electrons. The zero-order chi connectivity index (χ0) is 11.0. The molecule has 84 valence electrons. The maximum atomic E-state index is 5.68. The molecule has 0 aliphatic heterocycles. The first-order valence-corrected chi connectivity index (χ1v) is 5.61. The summed E-state index contributed by atoms with van der Waals surface area (Å²) in [4.78, 5) is 0. The van der Waals surface area contributed by atoms with Gasteiger partial charge in [0, 0.05) is 18.3 Å². The smallest absolute Gasteiger partial charge is 0.0644 e. The van der Waals surface area contributed by atoms with Crippen molar-refractivity contribution in [3.8, 4) is 0 Å². The third-order valence-electron chi connectivity index (χ3n) is 3.68. The van der Waals surface area contributed by atoms with Crippen LogP contribution in [-0.2, 0) is 7.05 Å². The van der Waals surface area contributed by atoms with Crippen LogP contribution in [0.5, 0.6) is 0 Å². The largest absolute Gasteiger partial charge is 0.272 e. The normalized spacial score (nSPS) is 18.9. The molecule has 1 aliphatic carbocycles. The van der Waals surface area contributed by atoms with Crippen molar-refractivity contribution < 1.29 is 0 Å². The van der Waals surface area contributed by atoms with Gasteiger partial charge in [-0.25, -0.2) is 0 Å². The Morgan fingerprint density at radius 1 is 1.47 bits per heavy atom. The van der Waals surface area contributed by atoms with Crippen LogP contribution in [0.4, 0.5) is 0 Å². The van der Waals surface area contributed by atoms with Crippen LogP contribution in [0, 0.1) is 19.8 Å². The molecular formula is C11H20N4. The van der Waals surface area contributed by atoms with Crippen LogP contribution in [0.2, 0.25) is 0 Å². The monoisotopic (exact) mass is 208 g/mol. The minimum Gasteiger partial charge on any atom is -0.272 e. The fourth-order valence-corrected chi connectivity index (χ4v) is 2.47. The molecule has 1 fully saturated rings. The minimum atomic E-state index is 0.285. The first kappa shape index (κ1) is 10.6. The molecule has 4 nitrogen and oxygen atoms in total. The standard InChI is InChI=1S/C11H20N4/c1-7-10(8(2)15(3)14-7)11(13-12)9-5-4-6-9/h9,11,13H,4-6,12H2,1-3H3. The second-order valence-electron chi connectivity index (χ2n) is 4.54. The lowest BCUT2D eigenvalue weighted by atomic mass is 9.77. The Bertz CT molecular complexity index is 352. The first-order valence-electron chi connectivity index (χ1n) is 5.61. The Morgan fingerprint density at radius 3 is 2.47 bits per heavy atom.